The minimum absolute atomic E-state index is 0.216. The SMILES string of the molecule is Cc1cc(C2CCCN2CC(O)c2ccc(Cl)cc2)on1. The molecule has 1 aromatic carbocycles. The van der Waals surface area contributed by atoms with Gasteiger partial charge >= 0.3 is 0 Å². The smallest absolute Gasteiger partial charge is 0.154 e. The van der Waals surface area contributed by atoms with Crippen LogP contribution >= 0.6 is 11.6 Å². The van der Waals surface area contributed by atoms with Crippen molar-refractivity contribution in [2.24, 2.45) is 0 Å². The summed E-state index contributed by atoms with van der Waals surface area (Å²) in [6, 6.07) is 9.56. The Hall–Kier alpha value is -1.36. The highest BCUT2D eigenvalue weighted by Crippen LogP contribution is 2.33. The van der Waals surface area contributed by atoms with Gasteiger partial charge in [0.1, 0.15) is 0 Å². The Bertz CT molecular complexity index is 597. The Kier molecular flexibility index (Phi) is 4.29. The zero-order chi connectivity index (χ0) is 14.8. The number of aromatic nitrogens is 1. The molecule has 0 aliphatic carbocycles. The van der Waals surface area contributed by atoms with Gasteiger partial charge in [0.05, 0.1) is 17.8 Å². The molecule has 2 aromatic rings. The van der Waals surface area contributed by atoms with Crippen LogP contribution in [0.25, 0.3) is 0 Å². The Balaban J connectivity index is 1.69. The van der Waals surface area contributed by atoms with Gasteiger partial charge in [-0.2, -0.15) is 0 Å². The average Bonchev–Trinajstić information content (AvgIpc) is 3.08. The fraction of sp³-hybridized carbons (Fsp3) is 0.438. The van der Waals surface area contributed by atoms with Gasteiger partial charge in [-0.1, -0.05) is 28.9 Å². The van der Waals surface area contributed by atoms with E-state index in [1.54, 1.807) is 12.1 Å². The molecule has 1 aliphatic heterocycles. The zero-order valence-electron chi connectivity index (χ0n) is 12.0. The fourth-order valence-corrected chi connectivity index (χ4v) is 3.05. The predicted octanol–water partition coefficient (Wildman–Crippen LogP) is 3.51. The summed E-state index contributed by atoms with van der Waals surface area (Å²) in [5.74, 6) is 0.897. The molecule has 1 saturated heterocycles. The van der Waals surface area contributed by atoms with Gasteiger partial charge in [-0.15, -0.1) is 0 Å². The summed E-state index contributed by atoms with van der Waals surface area (Å²) in [7, 11) is 0. The second kappa shape index (κ2) is 6.18. The van der Waals surface area contributed by atoms with Crippen LogP contribution in [0.1, 0.15) is 42.0 Å². The predicted molar refractivity (Wildman–Crippen MR) is 81.2 cm³/mol. The minimum atomic E-state index is -0.521. The van der Waals surface area contributed by atoms with E-state index in [-0.39, 0.29) is 6.04 Å². The molecule has 5 heteroatoms. The van der Waals surface area contributed by atoms with E-state index < -0.39 is 6.10 Å². The maximum absolute atomic E-state index is 10.4. The number of nitrogens with zero attached hydrogens (tertiary/aromatic N) is 2. The molecule has 1 fully saturated rings. The van der Waals surface area contributed by atoms with E-state index in [9.17, 15) is 5.11 Å². The van der Waals surface area contributed by atoms with Crippen LogP contribution in [0.3, 0.4) is 0 Å². The van der Waals surface area contributed by atoms with Crippen LogP contribution in [0.2, 0.25) is 5.02 Å². The molecule has 112 valence electrons. The first-order valence-electron chi connectivity index (χ1n) is 7.24. The van der Waals surface area contributed by atoms with Crippen LogP contribution in [0, 0.1) is 6.92 Å². The molecule has 0 amide bonds. The van der Waals surface area contributed by atoms with Gasteiger partial charge in [0, 0.05) is 17.6 Å². The van der Waals surface area contributed by atoms with E-state index in [0.29, 0.717) is 11.6 Å². The summed E-state index contributed by atoms with van der Waals surface area (Å²) in [5, 5.41) is 15.1. The molecule has 0 spiro atoms. The number of benzene rings is 1. The standard InChI is InChI=1S/C16H19ClN2O2/c1-11-9-16(21-18-11)14-3-2-8-19(14)10-15(20)12-4-6-13(17)7-5-12/h4-7,9,14-15,20H,2-3,8,10H2,1H3. The fourth-order valence-electron chi connectivity index (χ4n) is 2.92. The first kappa shape index (κ1) is 14.6. The van der Waals surface area contributed by atoms with E-state index >= 15 is 0 Å². The molecule has 0 radical (unpaired) electrons. The van der Waals surface area contributed by atoms with Gasteiger partial charge in [-0.05, 0) is 44.0 Å². The van der Waals surface area contributed by atoms with Gasteiger partial charge < -0.3 is 9.63 Å². The van der Waals surface area contributed by atoms with Gasteiger partial charge in [-0.3, -0.25) is 4.90 Å². The average molecular weight is 307 g/mol. The summed E-state index contributed by atoms with van der Waals surface area (Å²) in [6.45, 7) is 3.48. The maximum Gasteiger partial charge on any atom is 0.154 e. The number of likely N-dealkylation sites (tertiary alicyclic amines) is 1. The van der Waals surface area contributed by atoms with Crippen molar-refractivity contribution in [3.05, 3.63) is 52.4 Å². The first-order chi connectivity index (χ1) is 10.1. The number of hydrogen-bond donors (Lipinski definition) is 1. The Morgan fingerprint density at radius 3 is 2.86 bits per heavy atom. The summed E-state index contributed by atoms with van der Waals surface area (Å²) >= 11 is 5.88. The molecule has 1 N–H and O–H groups in total. The van der Waals surface area contributed by atoms with Crippen molar-refractivity contribution >= 4 is 11.6 Å². The van der Waals surface area contributed by atoms with E-state index in [0.717, 1.165) is 36.4 Å². The van der Waals surface area contributed by atoms with Crippen molar-refractivity contribution in [3.8, 4) is 0 Å². The van der Waals surface area contributed by atoms with Crippen molar-refractivity contribution in [2.75, 3.05) is 13.1 Å². The summed E-state index contributed by atoms with van der Waals surface area (Å²) in [4.78, 5) is 2.26. The van der Waals surface area contributed by atoms with Crippen LogP contribution in [0.5, 0.6) is 0 Å². The molecule has 1 aromatic heterocycles. The van der Waals surface area contributed by atoms with E-state index in [2.05, 4.69) is 10.1 Å². The van der Waals surface area contributed by atoms with Crippen LogP contribution in [0.15, 0.2) is 34.9 Å². The largest absolute Gasteiger partial charge is 0.387 e. The molecule has 0 bridgehead atoms. The lowest BCUT2D eigenvalue weighted by molar-refractivity contribution is 0.0983. The highest BCUT2D eigenvalue weighted by atomic mass is 35.5. The molecule has 2 atom stereocenters. The number of aryl methyl sites for hydroxylation is 1. The van der Waals surface area contributed by atoms with Crippen molar-refractivity contribution in [1.29, 1.82) is 0 Å². The van der Waals surface area contributed by atoms with Crippen LogP contribution < -0.4 is 0 Å². The number of aliphatic hydroxyl groups excluding tert-OH is 1. The van der Waals surface area contributed by atoms with Crippen LogP contribution in [-0.2, 0) is 0 Å². The Morgan fingerprint density at radius 1 is 1.43 bits per heavy atom. The third-order valence-corrected chi connectivity index (χ3v) is 4.25. The maximum atomic E-state index is 10.4. The van der Waals surface area contributed by atoms with Gasteiger partial charge in [0.25, 0.3) is 0 Å². The second-order valence-corrected chi connectivity index (χ2v) is 6.03. The quantitative estimate of drug-likeness (QED) is 0.939. The third-order valence-electron chi connectivity index (χ3n) is 4.00. The summed E-state index contributed by atoms with van der Waals surface area (Å²) < 4.78 is 5.39. The Morgan fingerprint density at radius 2 is 2.19 bits per heavy atom. The normalized spacial score (nSPS) is 20.8. The van der Waals surface area contributed by atoms with Crippen LogP contribution in [0.4, 0.5) is 0 Å². The monoisotopic (exact) mass is 306 g/mol. The topological polar surface area (TPSA) is 49.5 Å². The lowest BCUT2D eigenvalue weighted by Gasteiger charge is -2.25. The molecule has 3 rings (SSSR count). The van der Waals surface area contributed by atoms with Crippen LogP contribution in [-0.4, -0.2) is 28.3 Å². The molecule has 0 saturated carbocycles. The van der Waals surface area contributed by atoms with Crippen molar-refractivity contribution in [2.45, 2.75) is 31.9 Å². The first-order valence-corrected chi connectivity index (χ1v) is 7.62. The molecular formula is C16H19ClN2O2. The van der Waals surface area contributed by atoms with Gasteiger partial charge in [-0.25, -0.2) is 0 Å². The van der Waals surface area contributed by atoms with Gasteiger partial charge in [0.2, 0.25) is 0 Å². The van der Waals surface area contributed by atoms with E-state index in [1.165, 1.54) is 0 Å². The van der Waals surface area contributed by atoms with Crippen molar-refractivity contribution in [1.82, 2.24) is 10.1 Å². The van der Waals surface area contributed by atoms with Crippen molar-refractivity contribution in [3.63, 3.8) is 0 Å². The minimum Gasteiger partial charge on any atom is -0.387 e. The summed E-state index contributed by atoms with van der Waals surface area (Å²) in [5.41, 5.74) is 1.79. The lowest BCUT2D eigenvalue weighted by Crippen LogP contribution is -2.28. The molecule has 2 unspecified atom stereocenters. The number of aliphatic hydroxyl groups is 1. The van der Waals surface area contributed by atoms with Gasteiger partial charge in [0.15, 0.2) is 5.76 Å². The van der Waals surface area contributed by atoms with Crippen molar-refractivity contribution < 1.29 is 9.63 Å². The third kappa shape index (κ3) is 3.28. The number of halogens is 1. The highest BCUT2D eigenvalue weighted by molar-refractivity contribution is 6.30. The Labute approximate surface area is 129 Å². The summed E-state index contributed by atoms with van der Waals surface area (Å²) in [6.07, 6.45) is 1.63. The molecule has 2 heterocycles. The van der Waals surface area contributed by atoms with E-state index in [1.807, 2.05) is 25.1 Å². The molecule has 1 aliphatic rings. The molecule has 21 heavy (non-hydrogen) atoms. The number of hydrogen-bond acceptors (Lipinski definition) is 4. The number of rotatable bonds is 4. The zero-order valence-corrected chi connectivity index (χ0v) is 12.8. The van der Waals surface area contributed by atoms with E-state index in [4.69, 9.17) is 16.1 Å². The molecule has 4 nitrogen and oxygen atoms in total. The lowest BCUT2D eigenvalue weighted by atomic mass is 10.1. The highest BCUT2D eigenvalue weighted by Gasteiger charge is 2.30. The number of β-amino-alcohol motifs (C(OH)–C–C–N with tert-alkyl or cyclic N) is 1. The second-order valence-electron chi connectivity index (χ2n) is 5.59. The molecular weight excluding hydrogens is 288 g/mol.